The fourth-order valence-electron chi connectivity index (χ4n) is 5.50. The first kappa shape index (κ1) is 22.2. The molecule has 4 aliphatic rings. The number of halogens is 2. The Hall–Kier alpha value is -2.59. The van der Waals surface area contributed by atoms with Crippen molar-refractivity contribution in [1.29, 1.82) is 0 Å². The van der Waals surface area contributed by atoms with Crippen molar-refractivity contribution in [2.75, 3.05) is 50.7 Å². The van der Waals surface area contributed by atoms with Crippen LogP contribution in [0.1, 0.15) is 41.6 Å². The van der Waals surface area contributed by atoms with Crippen LogP contribution in [-0.4, -0.2) is 79.4 Å². The number of nitrogens with zero attached hydrogens (tertiary/aromatic N) is 3. The number of carbonyl (C=O) groups is 3. The normalized spacial score (nSPS) is 24.9. The van der Waals surface area contributed by atoms with Crippen LogP contribution in [0.25, 0.3) is 0 Å². The van der Waals surface area contributed by atoms with Gasteiger partial charge >= 0.3 is 0 Å². The monoisotopic (exact) mass is 461 g/mol. The smallest absolute Gasteiger partial charge is 0.255 e. The Bertz CT molecular complexity index is 973. The van der Waals surface area contributed by atoms with Crippen molar-refractivity contribution < 1.29 is 23.2 Å². The average Bonchev–Trinajstić information content (AvgIpc) is 3.12. The zero-order chi connectivity index (χ0) is 23.1. The largest absolute Gasteiger partial charge is 0.364 e. The fraction of sp³-hybridized carbons (Fsp3) is 0.609. The third kappa shape index (κ3) is 4.21. The van der Waals surface area contributed by atoms with Crippen molar-refractivity contribution in [1.82, 2.24) is 20.4 Å². The molecule has 178 valence electrons. The van der Waals surface area contributed by atoms with Crippen molar-refractivity contribution in [3.63, 3.8) is 0 Å². The van der Waals surface area contributed by atoms with Crippen LogP contribution in [0, 0.1) is 17.6 Å². The quantitative estimate of drug-likeness (QED) is 0.647. The van der Waals surface area contributed by atoms with Crippen molar-refractivity contribution >= 4 is 23.4 Å². The van der Waals surface area contributed by atoms with Crippen molar-refractivity contribution in [2.45, 2.75) is 38.3 Å². The molecule has 2 N–H and O–H groups in total. The molecule has 33 heavy (non-hydrogen) atoms. The highest BCUT2D eigenvalue weighted by Crippen LogP contribution is 2.36. The van der Waals surface area contributed by atoms with Crippen molar-refractivity contribution in [3.05, 3.63) is 28.8 Å². The Labute approximate surface area is 191 Å². The maximum Gasteiger partial charge on any atom is 0.255 e. The van der Waals surface area contributed by atoms with Gasteiger partial charge in [-0.15, -0.1) is 0 Å². The SMILES string of the molecule is O=C1CCC(N2Cc3c(cc(F)c(N4CCN(CC5CCNCC5)CC4)c3F)C2=O)C(=O)N1. The molecule has 0 saturated carbocycles. The van der Waals surface area contributed by atoms with Crippen LogP contribution in [0.5, 0.6) is 0 Å². The van der Waals surface area contributed by atoms with Crippen molar-refractivity contribution in [3.8, 4) is 0 Å². The second-order valence-electron chi connectivity index (χ2n) is 9.43. The minimum atomic E-state index is -0.855. The molecule has 1 unspecified atom stereocenters. The first-order chi connectivity index (χ1) is 15.9. The summed E-state index contributed by atoms with van der Waals surface area (Å²) in [5, 5.41) is 5.59. The zero-order valence-electron chi connectivity index (χ0n) is 18.5. The number of benzene rings is 1. The second kappa shape index (κ2) is 8.98. The van der Waals surface area contributed by atoms with E-state index in [9.17, 15) is 14.4 Å². The molecule has 1 aromatic rings. The molecular weight excluding hydrogens is 432 g/mol. The Balaban J connectivity index is 1.29. The number of anilines is 1. The topological polar surface area (TPSA) is 85.0 Å². The Morgan fingerprint density at radius 2 is 1.73 bits per heavy atom. The summed E-state index contributed by atoms with van der Waals surface area (Å²) in [5.74, 6) is -2.35. The molecule has 4 aliphatic heterocycles. The second-order valence-corrected chi connectivity index (χ2v) is 9.43. The summed E-state index contributed by atoms with van der Waals surface area (Å²) in [6.45, 7) is 5.51. The zero-order valence-corrected chi connectivity index (χ0v) is 18.5. The van der Waals surface area contributed by atoms with Gasteiger partial charge in [0.05, 0.1) is 12.1 Å². The van der Waals surface area contributed by atoms with E-state index < -0.39 is 29.5 Å². The molecule has 5 rings (SSSR count). The highest BCUT2D eigenvalue weighted by atomic mass is 19.1. The number of hydrogen-bond acceptors (Lipinski definition) is 6. The molecule has 3 amide bonds. The summed E-state index contributed by atoms with van der Waals surface area (Å²) in [4.78, 5) is 41.8. The number of piperidine rings is 2. The van der Waals surface area contributed by atoms with Crippen LogP contribution < -0.4 is 15.5 Å². The first-order valence-corrected chi connectivity index (χ1v) is 11.8. The molecule has 4 heterocycles. The molecule has 1 atom stereocenters. The number of rotatable bonds is 4. The lowest BCUT2D eigenvalue weighted by atomic mass is 9.97. The van der Waals surface area contributed by atoms with E-state index in [0.717, 1.165) is 51.6 Å². The molecule has 0 aromatic heterocycles. The van der Waals surface area contributed by atoms with E-state index in [4.69, 9.17) is 0 Å². The fourth-order valence-corrected chi connectivity index (χ4v) is 5.50. The summed E-state index contributed by atoms with van der Waals surface area (Å²) in [6, 6.07) is 0.246. The van der Waals surface area contributed by atoms with Crippen LogP contribution in [0.3, 0.4) is 0 Å². The first-order valence-electron chi connectivity index (χ1n) is 11.8. The minimum absolute atomic E-state index is 0.0389. The molecule has 0 aliphatic carbocycles. The van der Waals surface area contributed by atoms with Gasteiger partial charge < -0.3 is 15.1 Å². The average molecular weight is 462 g/mol. The Kier molecular flexibility index (Phi) is 6.05. The van der Waals surface area contributed by atoms with E-state index in [1.165, 1.54) is 4.90 Å². The maximum atomic E-state index is 15.5. The molecule has 3 fully saturated rings. The van der Waals surface area contributed by atoms with Crippen molar-refractivity contribution in [2.24, 2.45) is 5.92 Å². The van der Waals surface area contributed by atoms with E-state index in [1.54, 1.807) is 4.90 Å². The molecular formula is C23H29F2N5O3. The third-order valence-electron chi connectivity index (χ3n) is 7.36. The molecule has 0 spiro atoms. The van der Waals surface area contributed by atoms with Gasteiger partial charge in [-0.25, -0.2) is 8.78 Å². The lowest BCUT2D eigenvalue weighted by Gasteiger charge is -2.38. The summed E-state index contributed by atoms with van der Waals surface area (Å²) >= 11 is 0. The van der Waals surface area contributed by atoms with E-state index in [-0.39, 0.29) is 42.1 Å². The number of amides is 3. The Morgan fingerprint density at radius 3 is 2.42 bits per heavy atom. The third-order valence-corrected chi connectivity index (χ3v) is 7.36. The van der Waals surface area contributed by atoms with E-state index in [2.05, 4.69) is 15.5 Å². The summed E-state index contributed by atoms with van der Waals surface area (Å²) in [5.41, 5.74) is -0.00517. The number of piperazine rings is 1. The molecule has 0 bridgehead atoms. The summed E-state index contributed by atoms with van der Waals surface area (Å²) in [7, 11) is 0. The van der Waals surface area contributed by atoms with E-state index >= 15 is 8.78 Å². The van der Waals surface area contributed by atoms with Gasteiger partial charge in [-0.2, -0.15) is 0 Å². The number of hydrogen-bond donors (Lipinski definition) is 2. The lowest BCUT2D eigenvalue weighted by molar-refractivity contribution is -0.136. The highest BCUT2D eigenvalue weighted by Gasteiger charge is 2.42. The van der Waals surface area contributed by atoms with Crippen LogP contribution >= 0.6 is 0 Å². The van der Waals surface area contributed by atoms with Gasteiger partial charge in [0.15, 0.2) is 5.82 Å². The predicted octanol–water partition coefficient (Wildman–Crippen LogP) is 0.847. The molecule has 8 nitrogen and oxygen atoms in total. The summed E-state index contributed by atoms with van der Waals surface area (Å²) in [6.07, 6.45) is 2.61. The molecule has 1 aromatic carbocycles. The van der Waals surface area contributed by atoms with Gasteiger partial charge in [0.2, 0.25) is 11.8 Å². The van der Waals surface area contributed by atoms with Gasteiger partial charge in [0.25, 0.3) is 5.91 Å². The predicted molar refractivity (Wildman–Crippen MR) is 117 cm³/mol. The summed E-state index contributed by atoms with van der Waals surface area (Å²) < 4.78 is 30.6. The number of fused-ring (bicyclic) bond motifs is 1. The van der Waals surface area contributed by atoms with Crippen LogP contribution in [0.15, 0.2) is 6.07 Å². The van der Waals surface area contributed by atoms with Crippen LogP contribution in [0.4, 0.5) is 14.5 Å². The van der Waals surface area contributed by atoms with Gasteiger partial charge in [0.1, 0.15) is 17.5 Å². The van der Waals surface area contributed by atoms with Gasteiger partial charge in [-0.1, -0.05) is 0 Å². The van der Waals surface area contributed by atoms with Gasteiger partial charge in [-0.05, 0) is 44.3 Å². The molecule has 10 heteroatoms. The highest BCUT2D eigenvalue weighted by molar-refractivity contribution is 6.05. The van der Waals surface area contributed by atoms with Crippen LogP contribution in [0.2, 0.25) is 0 Å². The van der Waals surface area contributed by atoms with Gasteiger partial charge in [0, 0.05) is 44.7 Å². The van der Waals surface area contributed by atoms with Crippen LogP contribution in [-0.2, 0) is 16.1 Å². The number of nitrogens with one attached hydrogen (secondary N) is 2. The number of imide groups is 1. The Morgan fingerprint density at radius 1 is 1.00 bits per heavy atom. The molecule has 3 saturated heterocycles. The molecule has 0 radical (unpaired) electrons. The maximum absolute atomic E-state index is 15.5. The minimum Gasteiger partial charge on any atom is -0.364 e. The van der Waals surface area contributed by atoms with Gasteiger partial charge in [-0.3, -0.25) is 24.6 Å². The van der Waals surface area contributed by atoms with E-state index in [0.29, 0.717) is 19.0 Å². The standard InChI is InChI=1S/C23H29F2N5O3/c24-17-11-15-16(13-30(23(15)33)18-1-2-19(31)27-22(18)32)20(25)21(17)29-9-7-28(8-10-29)12-14-3-5-26-6-4-14/h11,14,18,26H,1-10,12-13H2,(H,27,31,32). The number of carbonyl (C=O) groups excluding carboxylic acids is 3. The lowest BCUT2D eigenvalue weighted by Crippen LogP contribution is -2.52. The van der Waals surface area contributed by atoms with E-state index in [1.807, 2.05) is 0 Å².